The van der Waals surface area contributed by atoms with E-state index in [2.05, 4.69) is 0 Å². The molecule has 1 heterocycles. The van der Waals surface area contributed by atoms with E-state index in [1.54, 1.807) is 54.6 Å². The Kier molecular flexibility index (Phi) is 8.06. The van der Waals surface area contributed by atoms with Crippen molar-refractivity contribution in [1.29, 1.82) is 0 Å². The van der Waals surface area contributed by atoms with Crippen molar-refractivity contribution in [3.63, 3.8) is 0 Å². The van der Waals surface area contributed by atoms with Crippen molar-refractivity contribution in [3.05, 3.63) is 97.8 Å². The minimum Gasteiger partial charge on any atom is -0.492 e. The van der Waals surface area contributed by atoms with Gasteiger partial charge in [0.05, 0.1) is 11.4 Å². The van der Waals surface area contributed by atoms with E-state index in [1.807, 2.05) is 18.2 Å². The molecule has 3 aromatic rings. The molecular weight excluding hydrogens is 517 g/mol. The molecule has 0 N–H and O–H groups in total. The largest absolute Gasteiger partial charge is 0.492 e. The molecule has 34 heavy (non-hydrogen) atoms. The molecule has 1 fully saturated rings. The van der Waals surface area contributed by atoms with Gasteiger partial charge in [-0.1, -0.05) is 53.0 Å². The van der Waals surface area contributed by atoms with E-state index in [4.69, 9.17) is 44.3 Å². The van der Waals surface area contributed by atoms with Crippen molar-refractivity contribution in [1.82, 2.24) is 4.90 Å². The second-order valence-corrected chi connectivity index (χ2v) is 9.50. The van der Waals surface area contributed by atoms with Crippen LogP contribution in [0.3, 0.4) is 0 Å². The number of amides is 2. The summed E-state index contributed by atoms with van der Waals surface area (Å²) in [6, 6.07) is 19.3. The van der Waals surface area contributed by atoms with Gasteiger partial charge in [-0.25, -0.2) is 0 Å². The molecule has 3 aromatic carbocycles. The van der Waals surface area contributed by atoms with Gasteiger partial charge in [-0.05, 0) is 71.9 Å². The Morgan fingerprint density at radius 3 is 2.18 bits per heavy atom. The highest BCUT2D eigenvalue weighted by molar-refractivity contribution is 8.18. The molecule has 5 nitrogen and oxygen atoms in total. The van der Waals surface area contributed by atoms with Crippen LogP contribution in [0.4, 0.5) is 4.79 Å². The molecule has 1 aliphatic rings. The maximum absolute atomic E-state index is 12.7. The van der Waals surface area contributed by atoms with Gasteiger partial charge in [-0.3, -0.25) is 14.5 Å². The Morgan fingerprint density at radius 1 is 0.824 bits per heavy atom. The van der Waals surface area contributed by atoms with Gasteiger partial charge in [0.25, 0.3) is 11.1 Å². The Balaban J connectivity index is 1.32. The lowest BCUT2D eigenvalue weighted by Gasteiger charge is -2.13. The van der Waals surface area contributed by atoms with Crippen molar-refractivity contribution in [2.45, 2.75) is 6.61 Å². The number of carbonyl (C=O) groups is 2. The smallest absolute Gasteiger partial charge is 0.293 e. The minimum absolute atomic E-state index is 0.157. The molecule has 0 unspecified atom stereocenters. The first-order valence-electron chi connectivity index (χ1n) is 10.2. The second-order valence-electron chi connectivity index (χ2n) is 7.23. The molecule has 174 valence electrons. The fraction of sp³-hybridized carbons (Fsp3) is 0.120. The lowest BCUT2D eigenvalue weighted by molar-refractivity contribution is -0.123. The SMILES string of the molecule is O=C1S/C(=C\c2ccc(OCc3ccc(Cl)cc3Cl)cc2)C(=O)N1CCOc1ccc(Cl)cc1. The summed E-state index contributed by atoms with van der Waals surface area (Å²) >= 11 is 18.8. The molecule has 0 aromatic heterocycles. The maximum Gasteiger partial charge on any atom is 0.293 e. The number of rotatable bonds is 8. The fourth-order valence-corrected chi connectivity index (χ4v) is 4.54. The Labute approximate surface area is 216 Å². The molecular formula is C25H18Cl3NO4S. The van der Waals surface area contributed by atoms with Crippen LogP contribution in [0.2, 0.25) is 15.1 Å². The average Bonchev–Trinajstić information content (AvgIpc) is 3.08. The van der Waals surface area contributed by atoms with Crippen LogP contribution in [0.15, 0.2) is 71.6 Å². The normalized spacial score (nSPS) is 14.7. The number of halogens is 3. The standard InChI is InChI=1S/C25H18Cl3NO4S/c26-18-5-9-20(10-6-18)32-12-11-29-24(30)23(34-25(29)31)13-16-1-7-21(8-2-16)33-15-17-3-4-19(27)14-22(17)28/h1-10,13-14H,11-12,15H2/b23-13-. The molecule has 1 saturated heterocycles. The third kappa shape index (κ3) is 6.27. The van der Waals surface area contributed by atoms with E-state index in [9.17, 15) is 9.59 Å². The second kappa shape index (κ2) is 11.2. The molecule has 0 spiro atoms. The Bertz CT molecular complexity index is 1230. The number of ether oxygens (including phenoxy) is 2. The molecule has 0 saturated carbocycles. The summed E-state index contributed by atoms with van der Waals surface area (Å²) in [5.74, 6) is 0.926. The lowest BCUT2D eigenvalue weighted by Crippen LogP contribution is -2.32. The van der Waals surface area contributed by atoms with Crippen molar-refractivity contribution >= 4 is 63.8 Å². The van der Waals surface area contributed by atoms with Crippen LogP contribution in [0.5, 0.6) is 11.5 Å². The zero-order valence-corrected chi connectivity index (χ0v) is 20.8. The van der Waals surface area contributed by atoms with Gasteiger partial charge in [0.15, 0.2) is 0 Å². The monoisotopic (exact) mass is 533 g/mol. The number of carbonyl (C=O) groups excluding carboxylic acids is 2. The fourth-order valence-electron chi connectivity index (χ4n) is 3.09. The highest BCUT2D eigenvalue weighted by Crippen LogP contribution is 2.32. The lowest BCUT2D eigenvalue weighted by atomic mass is 10.2. The van der Waals surface area contributed by atoms with E-state index < -0.39 is 0 Å². The van der Waals surface area contributed by atoms with Crippen molar-refractivity contribution < 1.29 is 19.1 Å². The van der Waals surface area contributed by atoms with Crippen LogP contribution < -0.4 is 9.47 Å². The van der Waals surface area contributed by atoms with Crippen molar-refractivity contribution in [3.8, 4) is 11.5 Å². The highest BCUT2D eigenvalue weighted by Gasteiger charge is 2.34. The van der Waals surface area contributed by atoms with E-state index in [-0.39, 0.29) is 24.3 Å². The first-order chi connectivity index (χ1) is 16.4. The van der Waals surface area contributed by atoms with Crippen LogP contribution in [0.25, 0.3) is 6.08 Å². The third-order valence-corrected chi connectivity index (χ3v) is 6.60. The summed E-state index contributed by atoms with van der Waals surface area (Å²) < 4.78 is 11.4. The highest BCUT2D eigenvalue weighted by atomic mass is 35.5. The summed E-state index contributed by atoms with van der Waals surface area (Å²) in [4.78, 5) is 26.5. The predicted molar refractivity (Wildman–Crippen MR) is 137 cm³/mol. The molecule has 0 radical (unpaired) electrons. The van der Waals surface area contributed by atoms with Gasteiger partial charge in [-0.15, -0.1) is 0 Å². The topological polar surface area (TPSA) is 55.8 Å². The summed E-state index contributed by atoms with van der Waals surface area (Å²) in [6.07, 6.45) is 1.69. The quantitative estimate of drug-likeness (QED) is 0.283. The average molecular weight is 535 g/mol. The van der Waals surface area contributed by atoms with Crippen LogP contribution in [-0.4, -0.2) is 29.2 Å². The molecule has 9 heteroatoms. The minimum atomic E-state index is -0.340. The van der Waals surface area contributed by atoms with Gasteiger partial charge < -0.3 is 9.47 Å². The zero-order chi connectivity index (χ0) is 24.1. The predicted octanol–water partition coefficient (Wildman–Crippen LogP) is 7.34. The summed E-state index contributed by atoms with van der Waals surface area (Å²) in [5.41, 5.74) is 1.60. The van der Waals surface area contributed by atoms with Gasteiger partial charge in [0.2, 0.25) is 0 Å². The third-order valence-electron chi connectivity index (χ3n) is 4.86. The number of benzene rings is 3. The summed E-state index contributed by atoms with van der Waals surface area (Å²) in [7, 11) is 0. The summed E-state index contributed by atoms with van der Waals surface area (Å²) in [6.45, 7) is 0.646. The number of hydrogen-bond acceptors (Lipinski definition) is 5. The molecule has 1 aliphatic heterocycles. The van der Waals surface area contributed by atoms with Crippen molar-refractivity contribution in [2.75, 3.05) is 13.2 Å². The Hall–Kier alpha value is -2.64. The molecule has 0 bridgehead atoms. The first-order valence-corrected chi connectivity index (χ1v) is 12.1. The summed E-state index contributed by atoms with van der Waals surface area (Å²) in [5, 5.41) is 1.39. The molecule has 0 aliphatic carbocycles. The number of thioether (sulfide) groups is 1. The van der Waals surface area contributed by atoms with Gasteiger partial charge >= 0.3 is 0 Å². The molecule has 4 rings (SSSR count). The Morgan fingerprint density at radius 2 is 1.47 bits per heavy atom. The van der Waals surface area contributed by atoms with Gasteiger partial charge in [0, 0.05) is 20.6 Å². The van der Waals surface area contributed by atoms with E-state index in [1.165, 1.54) is 4.90 Å². The first kappa shape index (κ1) is 24.5. The van der Waals surface area contributed by atoms with Gasteiger partial charge in [0.1, 0.15) is 24.7 Å². The van der Waals surface area contributed by atoms with Crippen LogP contribution in [0, 0.1) is 0 Å². The van der Waals surface area contributed by atoms with E-state index >= 15 is 0 Å². The van der Waals surface area contributed by atoms with Crippen LogP contribution >= 0.6 is 46.6 Å². The maximum atomic E-state index is 12.7. The zero-order valence-electron chi connectivity index (χ0n) is 17.7. The van der Waals surface area contributed by atoms with Crippen molar-refractivity contribution in [2.24, 2.45) is 0 Å². The van der Waals surface area contributed by atoms with Crippen LogP contribution in [-0.2, 0) is 11.4 Å². The number of imide groups is 1. The molecule has 0 atom stereocenters. The van der Waals surface area contributed by atoms with E-state index in [0.29, 0.717) is 38.1 Å². The number of nitrogens with zero attached hydrogens (tertiary/aromatic N) is 1. The van der Waals surface area contributed by atoms with E-state index in [0.717, 1.165) is 22.9 Å². The molecule has 2 amide bonds. The van der Waals surface area contributed by atoms with Gasteiger partial charge in [-0.2, -0.15) is 0 Å². The number of hydrogen-bond donors (Lipinski definition) is 0. The van der Waals surface area contributed by atoms with Crippen LogP contribution in [0.1, 0.15) is 11.1 Å².